The van der Waals surface area contributed by atoms with Crippen molar-refractivity contribution in [2.75, 3.05) is 6.61 Å². The summed E-state index contributed by atoms with van der Waals surface area (Å²) in [7, 11) is 0. The Morgan fingerprint density at radius 1 is 0.895 bits per heavy atom. The third kappa shape index (κ3) is 4.70. The number of fused-ring (bicyclic) bond motifs is 3. The van der Waals surface area contributed by atoms with Gasteiger partial charge in [-0.1, -0.05) is 84.9 Å². The summed E-state index contributed by atoms with van der Waals surface area (Å²) in [6.45, 7) is 1.27. The minimum Gasteiger partial charge on any atom is -0.493 e. The van der Waals surface area contributed by atoms with Crippen LogP contribution in [0.25, 0.3) is 22.0 Å². The molecule has 0 saturated carbocycles. The molecule has 4 aromatic carbocycles. The van der Waals surface area contributed by atoms with Gasteiger partial charge in [0.15, 0.2) is 0 Å². The first-order valence-electron chi connectivity index (χ1n) is 13.4. The van der Waals surface area contributed by atoms with Crippen LogP contribution in [-0.2, 0) is 24.2 Å². The number of hydrogen-bond acceptors (Lipinski definition) is 2. The molecule has 1 aliphatic carbocycles. The molecule has 6 rings (SSSR count). The average Bonchev–Trinajstić information content (AvgIpc) is 3.27. The third-order valence-corrected chi connectivity index (χ3v) is 7.67. The summed E-state index contributed by atoms with van der Waals surface area (Å²) in [5, 5.41) is 11.1. The molecule has 190 valence electrons. The van der Waals surface area contributed by atoms with E-state index in [1.54, 1.807) is 0 Å². The fraction of sp³-hybridized carbons (Fsp3) is 0.206. The summed E-state index contributed by atoms with van der Waals surface area (Å²) in [4.78, 5) is 12.3. The molecular weight excluding hydrogens is 470 g/mol. The molecule has 4 nitrogen and oxygen atoms in total. The number of aliphatic carboxylic acids is 1. The van der Waals surface area contributed by atoms with Crippen LogP contribution in [-0.4, -0.2) is 22.2 Å². The molecular formula is C34H31NO3. The van der Waals surface area contributed by atoms with E-state index in [-0.39, 0.29) is 0 Å². The van der Waals surface area contributed by atoms with Crippen LogP contribution in [0.3, 0.4) is 0 Å². The van der Waals surface area contributed by atoms with Crippen molar-refractivity contribution in [3.8, 4) is 16.9 Å². The number of hydrogen-bond donors (Lipinski definition) is 1. The molecule has 0 amide bonds. The van der Waals surface area contributed by atoms with Crippen molar-refractivity contribution in [1.82, 2.24) is 4.57 Å². The molecule has 1 N–H and O–H groups in total. The topological polar surface area (TPSA) is 51.5 Å². The molecule has 0 saturated heterocycles. The second-order valence-electron chi connectivity index (χ2n) is 10.0. The first-order valence-corrected chi connectivity index (χ1v) is 13.4. The van der Waals surface area contributed by atoms with E-state index in [2.05, 4.69) is 77.4 Å². The lowest BCUT2D eigenvalue weighted by atomic mass is 9.85. The molecule has 4 heteroatoms. The van der Waals surface area contributed by atoms with Crippen LogP contribution in [0.2, 0.25) is 0 Å². The van der Waals surface area contributed by atoms with Crippen molar-refractivity contribution in [3.63, 3.8) is 0 Å². The first-order chi connectivity index (χ1) is 18.7. The van der Waals surface area contributed by atoms with Gasteiger partial charge in [0.1, 0.15) is 5.75 Å². The first kappa shape index (κ1) is 24.1. The zero-order chi connectivity index (χ0) is 25.9. The van der Waals surface area contributed by atoms with E-state index in [1.807, 2.05) is 30.3 Å². The highest BCUT2D eigenvalue weighted by Gasteiger charge is 2.32. The highest BCUT2D eigenvalue weighted by Crippen LogP contribution is 2.41. The van der Waals surface area contributed by atoms with Crippen LogP contribution in [0.15, 0.2) is 103 Å². The van der Waals surface area contributed by atoms with E-state index in [0.29, 0.717) is 19.6 Å². The fourth-order valence-electron chi connectivity index (χ4n) is 5.87. The normalized spacial score (nSPS) is 14.8. The van der Waals surface area contributed by atoms with Gasteiger partial charge < -0.3 is 14.4 Å². The lowest BCUT2D eigenvalue weighted by Crippen LogP contribution is -2.19. The summed E-state index contributed by atoms with van der Waals surface area (Å²) in [5.41, 5.74) is 8.02. The lowest BCUT2D eigenvalue weighted by molar-refractivity contribution is -0.139. The van der Waals surface area contributed by atoms with Crippen molar-refractivity contribution >= 4 is 16.9 Å². The van der Waals surface area contributed by atoms with Gasteiger partial charge >= 0.3 is 5.97 Å². The smallest absolute Gasteiger partial charge is 0.311 e. The van der Waals surface area contributed by atoms with Crippen molar-refractivity contribution < 1.29 is 14.6 Å². The Kier molecular flexibility index (Phi) is 6.70. The number of benzene rings is 4. The van der Waals surface area contributed by atoms with Gasteiger partial charge in [0, 0.05) is 29.6 Å². The van der Waals surface area contributed by atoms with E-state index in [9.17, 15) is 9.90 Å². The van der Waals surface area contributed by atoms with Gasteiger partial charge in [0.2, 0.25) is 0 Å². The average molecular weight is 502 g/mol. The Balaban J connectivity index is 1.39. The van der Waals surface area contributed by atoms with E-state index in [0.717, 1.165) is 47.2 Å². The maximum atomic E-state index is 12.3. The number of carboxylic acids is 1. The number of nitrogens with zero attached hydrogens (tertiary/aromatic N) is 1. The molecule has 0 fully saturated rings. The molecule has 0 bridgehead atoms. The summed E-state index contributed by atoms with van der Waals surface area (Å²) < 4.78 is 8.50. The number of aromatic nitrogens is 1. The Labute approximate surface area is 223 Å². The predicted octanol–water partition coefficient (Wildman–Crippen LogP) is 7.48. The summed E-state index contributed by atoms with van der Waals surface area (Å²) in [5.74, 6) is -0.454. The van der Waals surface area contributed by atoms with Crippen molar-refractivity contribution in [2.45, 2.75) is 38.1 Å². The Bertz CT molecular complexity index is 1570. The number of ether oxygens (including phenoxy) is 1. The number of carbonyl (C=O) groups is 1. The molecule has 1 aliphatic rings. The van der Waals surface area contributed by atoms with Crippen LogP contribution in [0.4, 0.5) is 0 Å². The van der Waals surface area contributed by atoms with Crippen molar-refractivity contribution in [3.05, 3.63) is 126 Å². The minimum absolute atomic E-state index is 0.494. The molecule has 0 aliphatic heterocycles. The molecule has 1 heterocycles. The summed E-state index contributed by atoms with van der Waals surface area (Å²) >= 11 is 0. The Morgan fingerprint density at radius 3 is 2.42 bits per heavy atom. The largest absolute Gasteiger partial charge is 0.493 e. The van der Waals surface area contributed by atoms with E-state index >= 15 is 0 Å². The van der Waals surface area contributed by atoms with Gasteiger partial charge in [-0.3, -0.25) is 4.79 Å². The van der Waals surface area contributed by atoms with Crippen LogP contribution < -0.4 is 4.74 Å². The third-order valence-electron chi connectivity index (χ3n) is 7.67. The van der Waals surface area contributed by atoms with E-state index < -0.39 is 11.9 Å². The van der Waals surface area contributed by atoms with Gasteiger partial charge in [-0.05, 0) is 65.3 Å². The van der Waals surface area contributed by atoms with Gasteiger partial charge in [-0.15, -0.1) is 0 Å². The van der Waals surface area contributed by atoms with Crippen LogP contribution in [0.1, 0.15) is 41.1 Å². The maximum absolute atomic E-state index is 12.3. The zero-order valence-electron chi connectivity index (χ0n) is 21.3. The maximum Gasteiger partial charge on any atom is 0.311 e. The van der Waals surface area contributed by atoms with Crippen LogP contribution in [0.5, 0.6) is 5.75 Å². The van der Waals surface area contributed by atoms with Crippen LogP contribution in [0, 0.1) is 0 Å². The minimum atomic E-state index is -0.745. The Hall–Kier alpha value is -4.31. The highest BCUT2D eigenvalue weighted by atomic mass is 16.5. The molecule has 1 atom stereocenters. The summed E-state index contributed by atoms with van der Waals surface area (Å²) in [6.07, 6.45) is 3.25. The lowest BCUT2D eigenvalue weighted by Gasteiger charge is -2.22. The zero-order valence-corrected chi connectivity index (χ0v) is 21.3. The number of rotatable bonds is 8. The fourth-order valence-corrected chi connectivity index (χ4v) is 5.87. The summed E-state index contributed by atoms with van der Waals surface area (Å²) in [6, 6.07) is 35.4. The van der Waals surface area contributed by atoms with Gasteiger partial charge in [0.05, 0.1) is 12.5 Å². The second kappa shape index (κ2) is 10.6. The molecule has 0 spiro atoms. The standard InChI is InChI=1S/C34H31NO3/c36-34(37)29-16-9-17-32-33(29)30-22-27(38-21-20-24-10-3-1-4-11-24)18-19-31(30)35(32)23-26-14-7-8-15-28(26)25-12-5-2-6-13-25/h1-8,10-15,18-19,22,29H,9,16-17,20-21,23H2,(H,36,37). The predicted molar refractivity (Wildman–Crippen MR) is 152 cm³/mol. The van der Waals surface area contributed by atoms with Gasteiger partial charge in [-0.25, -0.2) is 0 Å². The van der Waals surface area contributed by atoms with Gasteiger partial charge in [-0.2, -0.15) is 0 Å². The molecule has 0 radical (unpaired) electrons. The molecule has 38 heavy (non-hydrogen) atoms. The quantitative estimate of drug-likeness (QED) is 0.240. The molecule has 5 aromatic rings. The monoisotopic (exact) mass is 501 g/mol. The highest BCUT2D eigenvalue weighted by molar-refractivity contribution is 5.93. The second-order valence-corrected chi connectivity index (χ2v) is 10.0. The van der Waals surface area contributed by atoms with E-state index in [4.69, 9.17) is 4.74 Å². The Morgan fingerprint density at radius 2 is 1.63 bits per heavy atom. The number of carboxylic acid groups (broad SMARTS) is 1. The SMILES string of the molecule is O=C(O)C1CCCc2c1c1cc(OCCc3ccccc3)ccc1n2Cc1ccccc1-c1ccccc1. The molecule has 1 unspecified atom stereocenters. The van der Waals surface area contributed by atoms with Crippen molar-refractivity contribution in [2.24, 2.45) is 0 Å². The van der Waals surface area contributed by atoms with Crippen molar-refractivity contribution in [1.29, 1.82) is 0 Å². The van der Waals surface area contributed by atoms with Crippen LogP contribution >= 0.6 is 0 Å². The molecule has 1 aromatic heterocycles. The van der Waals surface area contributed by atoms with Gasteiger partial charge in [0.25, 0.3) is 0 Å². The van der Waals surface area contributed by atoms with E-state index in [1.165, 1.54) is 22.3 Å².